The van der Waals surface area contributed by atoms with Crippen LogP contribution in [0, 0.1) is 0 Å². The molecule has 0 amide bonds. The molecule has 3 heteroatoms. The van der Waals surface area contributed by atoms with Gasteiger partial charge in [-0.3, -0.25) is 4.79 Å². The van der Waals surface area contributed by atoms with Gasteiger partial charge in [0.15, 0.2) is 0 Å². The van der Waals surface area contributed by atoms with Gasteiger partial charge < -0.3 is 5.11 Å². The summed E-state index contributed by atoms with van der Waals surface area (Å²) >= 11 is 1.72. The van der Waals surface area contributed by atoms with Crippen molar-refractivity contribution >= 4 is 17.5 Å². The lowest BCUT2D eigenvalue weighted by Gasteiger charge is -2.39. The fraction of sp³-hybridized carbons (Fsp3) is 0.316. The predicted molar refractivity (Wildman–Crippen MR) is 90.9 cm³/mol. The number of hydrogen-bond acceptors (Lipinski definition) is 3. The van der Waals surface area contributed by atoms with Crippen LogP contribution in [0.4, 0.5) is 0 Å². The average molecular weight is 312 g/mol. The van der Waals surface area contributed by atoms with Crippen LogP contribution in [0.2, 0.25) is 0 Å². The highest BCUT2D eigenvalue weighted by Crippen LogP contribution is 2.50. The second kappa shape index (κ2) is 6.27. The van der Waals surface area contributed by atoms with Crippen LogP contribution in [-0.4, -0.2) is 15.6 Å². The van der Waals surface area contributed by atoms with Gasteiger partial charge >= 0.3 is 0 Å². The number of Topliss-reactive ketones (excluding diaryl/α,β-unsaturated/α-hetero) is 1. The molecule has 1 aliphatic rings. The van der Waals surface area contributed by atoms with Crippen molar-refractivity contribution in [2.75, 3.05) is 0 Å². The Morgan fingerprint density at radius 1 is 1.14 bits per heavy atom. The Bertz CT molecular complexity index is 672. The molecule has 0 aliphatic heterocycles. The second-order valence-corrected chi connectivity index (χ2v) is 7.28. The first kappa shape index (κ1) is 15.3. The summed E-state index contributed by atoms with van der Waals surface area (Å²) in [7, 11) is 0. The maximum atomic E-state index is 12.0. The fourth-order valence-electron chi connectivity index (χ4n) is 2.82. The van der Waals surface area contributed by atoms with Crippen molar-refractivity contribution < 1.29 is 9.90 Å². The lowest BCUT2D eigenvalue weighted by Crippen LogP contribution is -2.40. The number of ketones is 1. The molecule has 2 aromatic rings. The van der Waals surface area contributed by atoms with Crippen molar-refractivity contribution in [2.45, 2.75) is 42.4 Å². The van der Waals surface area contributed by atoms with Crippen LogP contribution < -0.4 is 0 Å². The summed E-state index contributed by atoms with van der Waals surface area (Å²) in [6, 6.07) is 16.2. The number of thioether (sulfide) groups is 1. The van der Waals surface area contributed by atoms with Crippen molar-refractivity contribution in [2.24, 2.45) is 0 Å². The second-order valence-electron chi connectivity index (χ2n) is 5.86. The molecule has 114 valence electrons. The number of hydrogen-bond donors (Lipinski definition) is 1. The zero-order valence-corrected chi connectivity index (χ0v) is 13.5. The number of benzene rings is 2. The molecule has 0 unspecified atom stereocenters. The smallest absolute Gasteiger partial charge is 0.146 e. The van der Waals surface area contributed by atoms with Gasteiger partial charge in [-0.15, -0.1) is 11.8 Å². The van der Waals surface area contributed by atoms with Crippen molar-refractivity contribution in [1.29, 1.82) is 0 Å². The summed E-state index contributed by atoms with van der Waals surface area (Å²) in [4.78, 5) is 13.2. The first-order valence-corrected chi connectivity index (χ1v) is 8.45. The van der Waals surface area contributed by atoms with E-state index < -0.39 is 0 Å². The molecule has 0 radical (unpaired) electrons. The van der Waals surface area contributed by atoms with Gasteiger partial charge in [0.25, 0.3) is 0 Å². The minimum absolute atomic E-state index is 0.0596. The normalized spacial score (nSPS) is 16.1. The van der Waals surface area contributed by atoms with E-state index in [-0.39, 0.29) is 17.1 Å². The van der Waals surface area contributed by atoms with Gasteiger partial charge in [0, 0.05) is 4.90 Å². The van der Waals surface area contributed by atoms with Crippen LogP contribution in [0.5, 0.6) is 0 Å². The van der Waals surface area contributed by atoms with E-state index in [0.717, 1.165) is 40.8 Å². The number of aliphatic hydroxyl groups excluding tert-OH is 1. The summed E-state index contributed by atoms with van der Waals surface area (Å²) in [6.45, 7) is 1.77. The highest BCUT2D eigenvalue weighted by molar-refractivity contribution is 8.01. The Hall–Kier alpha value is -1.58. The van der Waals surface area contributed by atoms with E-state index >= 15 is 0 Å². The molecule has 1 N–H and O–H groups in total. The first-order chi connectivity index (χ1) is 10.6. The highest BCUT2D eigenvalue weighted by Gasteiger charge is 2.42. The Kier molecular flexibility index (Phi) is 4.37. The number of carbonyl (C=O) groups is 1. The Labute approximate surface area is 135 Å². The molecule has 2 aromatic carbocycles. The van der Waals surface area contributed by atoms with Gasteiger partial charge in [-0.1, -0.05) is 42.5 Å². The topological polar surface area (TPSA) is 37.3 Å². The zero-order valence-electron chi connectivity index (χ0n) is 12.7. The quantitative estimate of drug-likeness (QED) is 0.886. The van der Waals surface area contributed by atoms with Gasteiger partial charge in [0.1, 0.15) is 5.78 Å². The molecule has 1 fully saturated rings. The molecule has 3 rings (SSSR count). The number of aliphatic hydroxyl groups is 1. The molecule has 0 aromatic heterocycles. The standard InChI is InChI=1S/C19H20O2S/c1-14(21)19(11-4-12-19)22-18-6-3-2-5-17(18)16-9-7-15(13-20)8-10-16/h2-3,5-10,20H,4,11-13H2,1H3. The average Bonchev–Trinajstić information content (AvgIpc) is 2.51. The van der Waals surface area contributed by atoms with Crippen molar-refractivity contribution in [1.82, 2.24) is 0 Å². The van der Waals surface area contributed by atoms with Crippen molar-refractivity contribution in [3.63, 3.8) is 0 Å². The van der Waals surface area contributed by atoms with E-state index in [1.54, 1.807) is 18.7 Å². The molecule has 1 saturated carbocycles. The lowest BCUT2D eigenvalue weighted by molar-refractivity contribution is -0.121. The molecule has 0 spiro atoms. The lowest BCUT2D eigenvalue weighted by atomic mass is 9.81. The summed E-state index contributed by atoms with van der Waals surface area (Å²) in [5, 5.41) is 9.17. The number of carbonyl (C=O) groups excluding carboxylic acids is 1. The van der Waals surface area contributed by atoms with Crippen molar-refractivity contribution in [3.05, 3.63) is 54.1 Å². The minimum Gasteiger partial charge on any atom is -0.392 e. The Balaban J connectivity index is 1.94. The third-order valence-electron chi connectivity index (χ3n) is 4.44. The summed E-state index contributed by atoms with van der Waals surface area (Å²) in [5.41, 5.74) is 3.19. The molecule has 0 atom stereocenters. The van der Waals surface area contributed by atoms with Crippen LogP contribution in [0.25, 0.3) is 11.1 Å². The molecule has 0 heterocycles. The molecule has 1 aliphatic carbocycles. The van der Waals surface area contributed by atoms with Gasteiger partial charge in [0.2, 0.25) is 0 Å². The molecule has 22 heavy (non-hydrogen) atoms. The molecule has 0 bridgehead atoms. The maximum absolute atomic E-state index is 12.0. The first-order valence-electron chi connectivity index (χ1n) is 7.64. The fourth-order valence-corrected chi connectivity index (χ4v) is 4.32. The molecule has 0 saturated heterocycles. The summed E-state index contributed by atoms with van der Waals surface area (Å²) in [5.74, 6) is 0.286. The Morgan fingerprint density at radius 2 is 1.82 bits per heavy atom. The van der Waals surface area contributed by atoms with Crippen molar-refractivity contribution in [3.8, 4) is 11.1 Å². The largest absolute Gasteiger partial charge is 0.392 e. The van der Waals surface area contributed by atoms with Crippen LogP contribution in [0.15, 0.2) is 53.4 Å². The van der Waals surface area contributed by atoms with Gasteiger partial charge in [-0.05, 0) is 48.9 Å². The maximum Gasteiger partial charge on any atom is 0.146 e. The van der Waals surface area contributed by atoms with Crippen LogP contribution in [0.3, 0.4) is 0 Å². The van der Waals surface area contributed by atoms with Crippen LogP contribution in [0.1, 0.15) is 31.7 Å². The van der Waals surface area contributed by atoms with E-state index in [1.807, 2.05) is 36.4 Å². The minimum atomic E-state index is -0.221. The van der Waals surface area contributed by atoms with E-state index in [0.29, 0.717) is 0 Å². The Morgan fingerprint density at radius 3 is 2.36 bits per heavy atom. The van der Waals surface area contributed by atoms with Gasteiger partial charge in [0.05, 0.1) is 11.4 Å². The molecular formula is C19H20O2S. The van der Waals surface area contributed by atoms with Gasteiger partial charge in [-0.2, -0.15) is 0 Å². The van der Waals surface area contributed by atoms with E-state index in [4.69, 9.17) is 5.11 Å². The van der Waals surface area contributed by atoms with Crippen LogP contribution in [-0.2, 0) is 11.4 Å². The van der Waals surface area contributed by atoms with E-state index in [2.05, 4.69) is 12.1 Å². The van der Waals surface area contributed by atoms with Crippen LogP contribution >= 0.6 is 11.8 Å². The van der Waals surface area contributed by atoms with Gasteiger partial charge in [-0.25, -0.2) is 0 Å². The predicted octanol–water partition coefficient (Wildman–Crippen LogP) is 4.45. The SMILES string of the molecule is CC(=O)C1(Sc2ccccc2-c2ccc(CO)cc2)CCC1. The molecule has 2 nitrogen and oxygen atoms in total. The third kappa shape index (κ3) is 2.83. The number of rotatable bonds is 5. The zero-order chi connectivity index (χ0) is 15.6. The monoisotopic (exact) mass is 312 g/mol. The third-order valence-corrected chi connectivity index (χ3v) is 6.11. The summed E-state index contributed by atoms with van der Waals surface area (Å²) < 4.78 is -0.221. The molecular weight excluding hydrogens is 292 g/mol. The highest BCUT2D eigenvalue weighted by atomic mass is 32.2. The van der Waals surface area contributed by atoms with E-state index in [1.165, 1.54) is 0 Å². The summed E-state index contributed by atoms with van der Waals surface area (Å²) in [6.07, 6.45) is 3.09. The van der Waals surface area contributed by atoms with E-state index in [9.17, 15) is 4.79 Å².